The maximum atomic E-state index is 12.3. The summed E-state index contributed by atoms with van der Waals surface area (Å²) in [6.07, 6.45) is -0.0419. The second-order valence-electron chi connectivity index (χ2n) is 5.12. The lowest BCUT2D eigenvalue weighted by atomic mass is 10.1. The van der Waals surface area contributed by atoms with Gasteiger partial charge in [0, 0.05) is 6.42 Å². The lowest BCUT2D eigenvalue weighted by Crippen LogP contribution is -2.34. The smallest absolute Gasteiger partial charge is 0.257 e. The maximum absolute atomic E-state index is 12.3. The van der Waals surface area contributed by atoms with Crippen molar-refractivity contribution in [2.75, 3.05) is 0 Å². The van der Waals surface area contributed by atoms with E-state index in [0.29, 0.717) is 23.4 Å². The number of fused-ring (bicyclic) bond motifs is 1. The standard InChI is InChI=1S/C15H16N2O3/c1-8-13(9(2)20-17-8)15(19)16-14-11-6-4-3-5-10(11)7-12(14)18/h3-6,12,14,18H,7H2,1-2H3,(H,16,19). The molecule has 5 nitrogen and oxygen atoms in total. The quantitative estimate of drug-likeness (QED) is 0.872. The Morgan fingerprint density at radius 2 is 2.15 bits per heavy atom. The van der Waals surface area contributed by atoms with Crippen LogP contribution in [0.1, 0.15) is 39.0 Å². The number of aliphatic hydroxyl groups excluding tert-OH is 1. The summed E-state index contributed by atoms with van der Waals surface area (Å²) >= 11 is 0. The maximum Gasteiger partial charge on any atom is 0.257 e. The summed E-state index contributed by atoms with van der Waals surface area (Å²) in [5.41, 5.74) is 3.05. The van der Waals surface area contributed by atoms with Crippen molar-refractivity contribution in [1.29, 1.82) is 0 Å². The van der Waals surface area contributed by atoms with Gasteiger partial charge in [-0.3, -0.25) is 4.79 Å². The topological polar surface area (TPSA) is 75.4 Å². The Kier molecular flexibility index (Phi) is 3.06. The average molecular weight is 272 g/mol. The fourth-order valence-electron chi connectivity index (χ4n) is 2.77. The second-order valence-corrected chi connectivity index (χ2v) is 5.12. The molecule has 0 saturated heterocycles. The number of benzene rings is 1. The van der Waals surface area contributed by atoms with E-state index in [9.17, 15) is 9.90 Å². The van der Waals surface area contributed by atoms with Gasteiger partial charge in [0.25, 0.3) is 5.91 Å². The number of aliphatic hydroxyl groups is 1. The Bertz CT molecular complexity index is 643. The van der Waals surface area contributed by atoms with E-state index in [2.05, 4.69) is 10.5 Å². The van der Waals surface area contributed by atoms with E-state index >= 15 is 0 Å². The van der Waals surface area contributed by atoms with Crippen LogP contribution < -0.4 is 5.32 Å². The van der Waals surface area contributed by atoms with E-state index in [1.165, 1.54) is 0 Å². The molecule has 0 fully saturated rings. The highest BCUT2D eigenvalue weighted by atomic mass is 16.5. The zero-order chi connectivity index (χ0) is 14.3. The first-order valence-corrected chi connectivity index (χ1v) is 6.57. The van der Waals surface area contributed by atoms with Gasteiger partial charge < -0.3 is 14.9 Å². The van der Waals surface area contributed by atoms with E-state index < -0.39 is 6.10 Å². The number of aromatic nitrogens is 1. The number of carbonyl (C=O) groups is 1. The molecule has 104 valence electrons. The highest BCUT2D eigenvalue weighted by Gasteiger charge is 2.33. The van der Waals surface area contributed by atoms with Crippen LogP contribution in [0, 0.1) is 13.8 Å². The first-order chi connectivity index (χ1) is 9.58. The largest absolute Gasteiger partial charge is 0.390 e. The van der Waals surface area contributed by atoms with Crippen LogP contribution in [0.5, 0.6) is 0 Å². The van der Waals surface area contributed by atoms with Crippen LogP contribution in [0.15, 0.2) is 28.8 Å². The number of amides is 1. The van der Waals surface area contributed by atoms with Crippen molar-refractivity contribution in [2.45, 2.75) is 32.4 Å². The van der Waals surface area contributed by atoms with Gasteiger partial charge in [-0.05, 0) is 25.0 Å². The van der Waals surface area contributed by atoms with Gasteiger partial charge in [-0.15, -0.1) is 0 Å². The van der Waals surface area contributed by atoms with Crippen molar-refractivity contribution in [3.8, 4) is 0 Å². The summed E-state index contributed by atoms with van der Waals surface area (Å²) in [6, 6.07) is 7.37. The van der Waals surface area contributed by atoms with Crippen LogP contribution in [0.4, 0.5) is 0 Å². The van der Waals surface area contributed by atoms with Crippen LogP contribution in [-0.2, 0) is 6.42 Å². The lowest BCUT2D eigenvalue weighted by molar-refractivity contribution is 0.0856. The molecule has 2 N–H and O–H groups in total. The van der Waals surface area contributed by atoms with Crippen LogP contribution in [0.3, 0.4) is 0 Å². The molecule has 1 aliphatic carbocycles. The summed E-state index contributed by atoms with van der Waals surface area (Å²) in [4.78, 5) is 12.3. The second kappa shape index (κ2) is 4.76. The Balaban J connectivity index is 1.87. The van der Waals surface area contributed by atoms with Crippen molar-refractivity contribution in [3.63, 3.8) is 0 Å². The molecule has 0 bridgehead atoms. The van der Waals surface area contributed by atoms with Crippen molar-refractivity contribution in [1.82, 2.24) is 10.5 Å². The Morgan fingerprint density at radius 1 is 1.40 bits per heavy atom. The molecule has 0 radical (unpaired) electrons. The molecule has 1 aromatic carbocycles. The van der Waals surface area contributed by atoms with Gasteiger partial charge in [0.2, 0.25) is 0 Å². The summed E-state index contributed by atoms with van der Waals surface area (Å²) < 4.78 is 5.00. The Labute approximate surface area is 116 Å². The molecule has 3 rings (SSSR count). The normalized spacial score (nSPS) is 20.8. The molecule has 2 aromatic rings. The number of nitrogens with zero attached hydrogens (tertiary/aromatic N) is 1. The molecule has 0 aliphatic heterocycles. The van der Waals surface area contributed by atoms with Crippen molar-refractivity contribution in [3.05, 3.63) is 52.4 Å². The zero-order valence-electron chi connectivity index (χ0n) is 11.4. The Hall–Kier alpha value is -2.14. The third-order valence-electron chi connectivity index (χ3n) is 3.75. The van der Waals surface area contributed by atoms with Gasteiger partial charge in [0.15, 0.2) is 0 Å². The average Bonchev–Trinajstić information content (AvgIpc) is 2.91. The van der Waals surface area contributed by atoms with Crippen LogP contribution in [0.2, 0.25) is 0 Å². The number of hydrogen-bond donors (Lipinski definition) is 2. The van der Waals surface area contributed by atoms with Gasteiger partial charge in [0.1, 0.15) is 11.3 Å². The van der Waals surface area contributed by atoms with E-state index in [1.54, 1.807) is 13.8 Å². The number of carbonyl (C=O) groups excluding carboxylic acids is 1. The molecule has 0 spiro atoms. The fourth-order valence-corrected chi connectivity index (χ4v) is 2.77. The van der Waals surface area contributed by atoms with E-state index in [0.717, 1.165) is 11.1 Å². The third kappa shape index (κ3) is 2.00. The lowest BCUT2D eigenvalue weighted by Gasteiger charge is -2.17. The molecule has 1 heterocycles. The Morgan fingerprint density at radius 3 is 2.85 bits per heavy atom. The monoisotopic (exact) mass is 272 g/mol. The van der Waals surface area contributed by atoms with Crippen LogP contribution in [-0.4, -0.2) is 22.3 Å². The van der Waals surface area contributed by atoms with Gasteiger partial charge in [0.05, 0.1) is 17.8 Å². The SMILES string of the molecule is Cc1noc(C)c1C(=O)NC1c2ccccc2CC1O. The van der Waals surface area contributed by atoms with Crippen molar-refractivity contribution >= 4 is 5.91 Å². The number of nitrogens with one attached hydrogen (secondary N) is 1. The molecule has 0 saturated carbocycles. The highest BCUT2D eigenvalue weighted by Crippen LogP contribution is 2.31. The third-order valence-corrected chi connectivity index (χ3v) is 3.75. The van der Waals surface area contributed by atoms with Crippen LogP contribution >= 0.6 is 0 Å². The summed E-state index contributed by atoms with van der Waals surface area (Å²) in [5.74, 6) is 0.225. The van der Waals surface area contributed by atoms with E-state index in [4.69, 9.17) is 4.52 Å². The molecule has 1 aromatic heterocycles. The summed E-state index contributed by atoms with van der Waals surface area (Å²) in [6.45, 7) is 3.43. The van der Waals surface area contributed by atoms with Gasteiger partial charge >= 0.3 is 0 Å². The van der Waals surface area contributed by atoms with Crippen molar-refractivity contribution in [2.24, 2.45) is 0 Å². The molecule has 1 amide bonds. The predicted octanol–water partition coefficient (Wildman–Crippen LogP) is 1.68. The summed E-state index contributed by atoms with van der Waals surface area (Å²) in [7, 11) is 0. The van der Waals surface area contributed by atoms with Gasteiger partial charge in [-0.2, -0.15) is 0 Å². The molecule has 5 heteroatoms. The minimum atomic E-state index is -0.600. The van der Waals surface area contributed by atoms with Crippen LogP contribution in [0.25, 0.3) is 0 Å². The minimum Gasteiger partial charge on any atom is -0.390 e. The first kappa shape index (κ1) is 12.9. The summed E-state index contributed by atoms with van der Waals surface area (Å²) in [5, 5.41) is 16.8. The number of aryl methyl sites for hydroxylation is 2. The molecule has 1 aliphatic rings. The predicted molar refractivity (Wildman–Crippen MR) is 72.3 cm³/mol. The van der Waals surface area contributed by atoms with Gasteiger partial charge in [-0.25, -0.2) is 0 Å². The molecule has 20 heavy (non-hydrogen) atoms. The highest BCUT2D eigenvalue weighted by molar-refractivity contribution is 5.96. The molecule has 2 atom stereocenters. The zero-order valence-corrected chi connectivity index (χ0v) is 11.4. The fraction of sp³-hybridized carbons (Fsp3) is 0.333. The molecular weight excluding hydrogens is 256 g/mol. The number of rotatable bonds is 2. The number of hydrogen-bond acceptors (Lipinski definition) is 4. The first-order valence-electron chi connectivity index (χ1n) is 6.57. The van der Waals surface area contributed by atoms with Crippen molar-refractivity contribution < 1.29 is 14.4 Å². The van der Waals surface area contributed by atoms with E-state index in [1.807, 2.05) is 24.3 Å². The molecular formula is C15H16N2O3. The molecule has 2 unspecified atom stereocenters. The minimum absolute atomic E-state index is 0.262. The van der Waals surface area contributed by atoms with E-state index in [-0.39, 0.29) is 11.9 Å². The van der Waals surface area contributed by atoms with Gasteiger partial charge in [-0.1, -0.05) is 29.4 Å².